The molecule has 1 atom stereocenters. The lowest BCUT2D eigenvalue weighted by molar-refractivity contribution is -0.297. The lowest BCUT2D eigenvalue weighted by Gasteiger charge is -2.15. The van der Waals surface area contributed by atoms with Gasteiger partial charge in [-0.15, -0.1) is 0 Å². The molecule has 0 aliphatic heterocycles. The summed E-state index contributed by atoms with van der Waals surface area (Å²) in [4.78, 5) is 21.6. The van der Waals surface area contributed by atoms with E-state index < -0.39 is 0 Å². The highest BCUT2D eigenvalue weighted by atomic mass is 17.2. The van der Waals surface area contributed by atoms with Gasteiger partial charge in [0, 0.05) is 0 Å². The molecule has 0 aromatic heterocycles. The van der Waals surface area contributed by atoms with Crippen molar-refractivity contribution in [3.05, 3.63) is 35.9 Å². The molecule has 18 heavy (non-hydrogen) atoms. The average molecular weight is 252 g/mol. The van der Waals surface area contributed by atoms with Crippen LogP contribution in [-0.4, -0.2) is 25.8 Å². The zero-order chi connectivity index (χ0) is 13.2. The molecule has 0 bridgehead atoms. The second kappa shape index (κ2) is 8.66. The Bertz CT molecular complexity index is 337. The van der Waals surface area contributed by atoms with E-state index in [1.54, 1.807) is 6.92 Å². The summed E-state index contributed by atoms with van der Waals surface area (Å²) in [5.41, 5.74) is 1.08. The molecule has 0 radical (unpaired) electrons. The van der Waals surface area contributed by atoms with E-state index in [0.717, 1.165) is 5.56 Å². The van der Waals surface area contributed by atoms with E-state index >= 15 is 0 Å². The first-order chi connectivity index (χ1) is 8.77. The lowest BCUT2D eigenvalue weighted by atomic mass is 10.0. The third-order valence-corrected chi connectivity index (χ3v) is 2.42. The smallest absolute Gasteiger partial charge is 0.311 e. The van der Waals surface area contributed by atoms with Crippen LogP contribution in [0.3, 0.4) is 0 Å². The van der Waals surface area contributed by atoms with E-state index in [2.05, 4.69) is 0 Å². The van der Waals surface area contributed by atoms with E-state index in [0.29, 0.717) is 19.6 Å². The predicted octanol–water partition coefficient (Wildman–Crippen LogP) is 2.38. The fraction of sp³-hybridized carbons (Fsp3) is 0.500. The molecular formula is C14H20O4. The van der Waals surface area contributed by atoms with Gasteiger partial charge in [0.1, 0.15) is 0 Å². The summed E-state index contributed by atoms with van der Waals surface area (Å²) in [6.45, 7) is 4.67. The highest BCUT2D eigenvalue weighted by Gasteiger charge is 2.21. The Balaban J connectivity index is 2.56. The minimum atomic E-state index is -0.334. The Hall–Kier alpha value is -1.39. The van der Waals surface area contributed by atoms with E-state index in [1.807, 2.05) is 37.3 Å². The van der Waals surface area contributed by atoms with E-state index in [9.17, 15) is 4.79 Å². The maximum absolute atomic E-state index is 11.8. The van der Waals surface area contributed by atoms with Gasteiger partial charge in [0.2, 0.25) is 0 Å². The molecule has 0 spiro atoms. The number of carbonyl (C=O) groups excluding carboxylic acids is 1. The summed E-state index contributed by atoms with van der Waals surface area (Å²) in [5, 5.41) is 0. The summed E-state index contributed by atoms with van der Waals surface area (Å²) in [5.74, 6) is -0.583. The van der Waals surface area contributed by atoms with Gasteiger partial charge >= 0.3 is 5.97 Å². The lowest BCUT2D eigenvalue weighted by Crippen LogP contribution is -2.25. The van der Waals surface area contributed by atoms with E-state index in [4.69, 9.17) is 14.5 Å². The molecular weight excluding hydrogens is 232 g/mol. The molecule has 0 saturated carbocycles. The first kappa shape index (κ1) is 14.7. The Morgan fingerprint density at radius 3 is 2.44 bits per heavy atom. The standard InChI is InChI=1S/C14H20O4/c1-3-16-14(15)13(11-18-17-4-2)10-12-8-6-5-7-9-12/h5-9,13H,3-4,10-11H2,1-2H3. The normalized spacial score (nSPS) is 12.1. The van der Waals surface area contributed by atoms with Gasteiger partial charge in [0.05, 0.1) is 25.7 Å². The van der Waals surface area contributed by atoms with Gasteiger partial charge in [0.15, 0.2) is 0 Å². The van der Waals surface area contributed by atoms with Crippen LogP contribution < -0.4 is 0 Å². The molecule has 1 rings (SSSR count). The van der Waals surface area contributed by atoms with E-state index in [1.165, 1.54) is 0 Å². The van der Waals surface area contributed by atoms with Crippen molar-refractivity contribution >= 4 is 5.97 Å². The molecule has 0 aliphatic rings. The van der Waals surface area contributed by atoms with Crippen molar-refractivity contribution in [1.29, 1.82) is 0 Å². The third kappa shape index (κ3) is 5.29. The fourth-order valence-corrected chi connectivity index (χ4v) is 1.58. The summed E-state index contributed by atoms with van der Waals surface area (Å²) in [6.07, 6.45) is 0.590. The summed E-state index contributed by atoms with van der Waals surface area (Å²) in [6, 6.07) is 9.79. The zero-order valence-electron chi connectivity index (χ0n) is 10.9. The van der Waals surface area contributed by atoms with Crippen molar-refractivity contribution in [3.63, 3.8) is 0 Å². The summed E-state index contributed by atoms with van der Waals surface area (Å²) in [7, 11) is 0. The largest absolute Gasteiger partial charge is 0.466 e. The number of esters is 1. The first-order valence-corrected chi connectivity index (χ1v) is 6.22. The molecule has 100 valence electrons. The van der Waals surface area contributed by atoms with Crippen LogP contribution in [0.15, 0.2) is 30.3 Å². The van der Waals surface area contributed by atoms with Crippen LogP contribution >= 0.6 is 0 Å². The SMILES string of the molecule is CCOOCC(Cc1ccccc1)C(=O)OCC. The summed E-state index contributed by atoms with van der Waals surface area (Å²) < 4.78 is 5.03. The second-order valence-electron chi connectivity index (χ2n) is 3.83. The topological polar surface area (TPSA) is 44.8 Å². The second-order valence-corrected chi connectivity index (χ2v) is 3.83. The maximum Gasteiger partial charge on any atom is 0.311 e. The Labute approximate surface area is 108 Å². The molecule has 1 aromatic rings. The van der Waals surface area contributed by atoms with Crippen molar-refractivity contribution in [3.8, 4) is 0 Å². The van der Waals surface area contributed by atoms with Crippen LogP contribution in [0.4, 0.5) is 0 Å². The molecule has 1 aromatic carbocycles. The van der Waals surface area contributed by atoms with Crippen molar-refractivity contribution in [2.45, 2.75) is 20.3 Å². The van der Waals surface area contributed by atoms with Gasteiger partial charge in [0.25, 0.3) is 0 Å². The molecule has 0 heterocycles. The Morgan fingerprint density at radius 2 is 1.83 bits per heavy atom. The number of benzene rings is 1. The van der Waals surface area contributed by atoms with Gasteiger partial charge in [-0.25, -0.2) is 9.78 Å². The van der Waals surface area contributed by atoms with Crippen LogP contribution in [0, 0.1) is 5.92 Å². The Kier molecular flexibility index (Phi) is 7.06. The van der Waals surface area contributed by atoms with Gasteiger partial charge in [-0.1, -0.05) is 30.3 Å². The van der Waals surface area contributed by atoms with Gasteiger partial charge in [-0.05, 0) is 25.8 Å². The monoisotopic (exact) mass is 252 g/mol. The number of ether oxygens (including phenoxy) is 1. The quantitative estimate of drug-likeness (QED) is 0.308. The van der Waals surface area contributed by atoms with Crippen LogP contribution in [0.5, 0.6) is 0 Å². The van der Waals surface area contributed by atoms with Crippen molar-refractivity contribution in [1.82, 2.24) is 0 Å². The van der Waals surface area contributed by atoms with Crippen molar-refractivity contribution < 1.29 is 19.3 Å². The molecule has 0 aliphatic carbocycles. The molecule has 4 nitrogen and oxygen atoms in total. The molecule has 0 fully saturated rings. The Morgan fingerprint density at radius 1 is 1.11 bits per heavy atom. The van der Waals surface area contributed by atoms with Gasteiger partial charge in [-0.2, -0.15) is 0 Å². The molecule has 4 heteroatoms. The van der Waals surface area contributed by atoms with Crippen molar-refractivity contribution in [2.75, 3.05) is 19.8 Å². The molecule has 0 saturated heterocycles. The predicted molar refractivity (Wildman–Crippen MR) is 67.8 cm³/mol. The van der Waals surface area contributed by atoms with Crippen molar-refractivity contribution in [2.24, 2.45) is 5.92 Å². The van der Waals surface area contributed by atoms with Crippen LogP contribution in [0.25, 0.3) is 0 Å². The highest BCUT2D eigenvalue weighted by molar-refractivity contribution is 5.73. The minimum absolute atomic E-state index is 0.210. The fourth-order valence-electron chi connectivity index (χ4n) is 1.58. The number of hydrogen-bond donors (Lipinski definition) is 0. The van der Waals surface area contributed by atoms with Gasteiger partial charge < -0.3 is 4.74 Å². The van der Waals surface area contributed by atoms with E-state index in [-0.39, 0.29) is 18.5 Å². The van der Waals surface area contributed by atoms with Gasteiger partial charge in [-0.3, -0.25) is 4.79 Å². The highest BCUT2D eigenvalue weighted by Crippen LogP contribution is 2.11. The van der Waals surface area contributed by atoms with Crippen LogP contribution in [-0.2, 0) is 25.7 Å². The molecule has 0 amide bonds. The van der Waals surface area contributed by atoms with Crippen LogP contribution in [0.1, 0.15) is 19.4 Å². The minimum Gasteiger partial charge on any atom is -0.466 e. The molecule has 1 unspecified atom stereocenters. The zero-order valence-corrected chi connectivity index (χ0v) is 10.9. The average Bonchev–Trinajstić information content (AvgIpc) is 2.39. The number of carbonyl (C=O) groups is 1. The number of hydrogen-bond acceptors (Lipinski definition) is 4. The number of rotatable bonds is 8. The third-order valence-electron chi connectivity index (χ3n) is 2.42. The summed E-state index contributed by atoms with van der Waals surface area (Å²) >= 11 is 0. The maximum atomic E-state index is 11.8. The van der Waals surface area contributed by atoms with Crippen LogP contribution in [0.2, 0.25) is 0 Å². The first-order valence-electron chi connectivity index (χ1n) is 6.22. The molecule has 0 N–H and O–H groups in total.